The molecule has 3 atom stereocenters. The number of primary amides is 1. The van der Waals surface area contributed by atoms with Crippen LogP contribution in [-0.2, 0) is 4.79 Å². The van der Waals surface area contributed by atoms with E-state index in [4.69, 9.17) is 5.73 Å². The molecule has 1 aliphatic carbocycles. The van der Waals surface area contributed by atoms with Gasteiger partial charge in [-0.2, -0.15) is 0 Å². The molecule has 5 nitrogen and oxygen atoms in total. The van der Waals surface area contributed by atoms with Crippen LogP contribution in [-0.4, -0.2) is 17.9 Å². The van der Waals surface area contributed by atoms with E-state index < -0.39 is 5.91 Å². The number of anilines is 2. The van der Waals surface area contributed by atoms with Crippen LogP contribution >= 0.6 is 0 Å². The maximum absolute atomic E-state index is 14.1. The Labute approximate surface area is 163 Å². The van der Waals surface area contributed by atoms with Crippen LogP contribution in [0.3, 0.4) is 0 Å². The minimum atomic E-state index is -0.476. The molecule has 2 aromatic carbocycles. The lowest BCUT2D eigenvalue weighted by atomic mass is 9.79. The molecule has 6 heteroatoms. The van der Waals surface area contributed by atoms with Gasteiger partial charge >= 0.3 is 0 Å². The second kappa shape index (κ2) is 6.93. The number of benzene rings is 2. The maximum Gasteiger partial charge on any atom is 0.248 e. The molecule has 1 fully saturated rings. The molecule has 146 valence electrons. The molecule has 1 aliphatic heterocycles. The number of halogens is 1. The summed E-state index contributed by atoms with van der Waals surface area (Å²) in [6.45, 7) is 3.69. The summed E-state index contributed by atoms with van der Waals surface area (Å²) in [5.74, 6) is -0.243. The summed E-state index contributed by atoms with van der Waals surface area (Å²) < 4.78 is 14.1. The van der Waals surface area contributed by atoms with Crippen LogP contribution in [0.2, 0.25) is 0 Å². The lowest BCUT2D eigenvalue weighted by Crippen LogP contribution is -2.51. The van der Waals surface area contributed by atoms with E-state index in [1.807, 2.05) is 4.90 Å². The Morgan fingerprint density at radius 2 is 1.82 bits per heavy atom. The molecule has 0 bridgehead atoms. The van der Waals surface area contributed by atoms with Crippen molar-refractivity contribution in [3.8, 4) is 0 Å². The summed E-state index contributed by atoms with van der Waals surface area (Å²) in [7, 11) is 0. The van der Waals surface area contributed by atoms with Gasteiger partial charge in [-0.15, -0.1) is 0 Å². The predicted molar refractivity (Wildman–Crippen MR) is 107 cm³/mol. The number of nitrogens with zero attached hydrogens (tertiary/aromatic N) is 1. The van der Waals surface area contributed by atoms with Crippen LogP contribution in [0, 0.1) is 17.7 Å². The molecular weight excluding hydrogens is 357 g/mol. The van der Waals surface area contributed by atoms with Crippen molar-refractivity contribution in [3.05, 3.63) is 59.4 Å². The highest BCUT2D eigenvalue weighted by Crippen LogP contribution is 2.50. The summed E-state index contributed by atoms with van der Waals surface area (Å²) in [5, 5.41) is 3.50. The molecule has 2 amide bonds. The van der Waals surface area contributed by atoms with Gasteiger partial charge in [-0.1, -0.05) is 6.92 Å². The summed E-state index contributed by atoms with van der Waals surface area (Å²) >= 11 is 0. The highest BCUT2D eigenvalue weighted by atomic mass is 19.1. The Bertz CT molecular complexity index is 924. The topological polar surface area (TPSA) is 75.4 Å². The van der Waals surface area contributed by atoms with E-state index in [1.54, 1.807) is 37.3 Å². The zero-order chi connectivity index (χ0) is 20.0. The molecule has 2 aromatic rings. The van der Waals surface area contributed by atoms with Crippen LogP contribution in [0.25, 0.3) is 0 Å². The Morgan fingerprint density at radius 1 is 1.14 bits per heavy atom. The second-order valence-corrected chi connectivity index (χ2v) is 7.84. The molecule has 0 aromatic heterocycles. The first-order valence-corrected chi connectivity index (χ1v) is 9.62. The van der Waals surface area contributed by atoms with Crippen LogP contribution < -0.4 is 16.0 Å². The molecular formula is C22H24FN3O2. The van der Waals surface area contributed by atoms with Gasteiger partial charge in [0.25, 0.3) is 0 Å². The fraction of sp³-hybridized carbons (Fsp3) is 0.364. The van der Waals surface area contributed by atoms with Gasteiger partial charge in [0.2, 0.25) is 11.8 Å². The Kier molecular flexibility index (Phi) is 4.57. The lowest BCUT2D eigenvalue weighted by Gasteiger charge is -2.46. The van der Waals surface area contributed by atoms with Crippen LogP contribution in [0.1, 0.15) is 48.7 Å². The third-order valence-corrected chi connectivity index (χ3v) is 5.88. The lowest BCUT2D eigenvalue weighted by molar-refractivity contribution is -0.117. The molecule has 1 saturated carbocycles. The van der Waals surface area contributed by atoms with E-state index in [0.717, 1.165) is 29.8 Å². The Hall–Kier alpha value is -2.89. The quantitative estimate of drug-likeness (QED) is 0.844. The van der Waals surface area contributed by atoms with E-state index in [1.165, 1.54) is 12.1 Å². The largest absolute Gasteiger partial charge is 0.378 e. The van der Waals surface area contributed by atoms with Crippen molar-refractivity contribution in [1.82, 2.24) is 0 Å². The molecule has 1 heterocycles. The third-order valence-electron chi connectivity index (χ3n) is 5.88. The highest BCUT2D eigenvalue weighted by Gasteiger charge is 2.47. The first kappa shape index (κ1) is 18.5. The fourth-order valence-corrected chi connectivity index (χ4v) is 4.45. The summed E-state index contributed by atoms with van der Waals surface area (Å²) in [5.41, 5.74) is 8.12. The van der Waals surface area contributed by atoms with Gasteiger partial charge in [0.15, 0.2) is 0 Å². The fourth-order valence-electron chi connectivity index (χ4n) is 4.45. The third kappa shape index (κ3) is 3.23. The molecule has 2 aliphatic rings. The van der Waals surface area contributed by atoms with Crippen molar-refractivity contribution >= 4 is 23.2 Å². The molecule has 0 radical (unpaired) electrons. The number of rotatable bonds is 4. The average Bonchev–Trinajstić information content (AvgIpc) is 3.48. The number of nitrogens with two attached hydrogens (primary N) is 1. The Morgan fingerprint density at radius 3 is 2.39 bits per heavy atom. The number of hydrogen-bond donors (Lipinski definition) is 2. The highest BCUT2D eigenvalue weighted by molar-refractivity contribution is 5.94. The van der Waals surface area contributed by atoms with Crippen LogP contribution in [0.5, 0.6) is 0 Å². The minimum absolute atomic E-state index is 0.0131. The van der Waals surface area contributed by atoms with Gasteiger partial charge in [-0.25, -0.2) is 4.39 Å². The zero-order valence-corrected chi connectivity index (χ0v) is 16.0. The summed E-state index contributed by atoms with van der Waals surface area (Å²) in [4.78, 5) is 25.6. The molecule has 3 N–H and O–H groups in total. The molecule has 28 heavy (non-hydrogen) atoms. The monoisotopic (exact) mass is 381 g/mol. The smallest absolute Gasteiger partial charge is 0.248 e. The summed E-state index contributed by atoms with van der Waals surface area (Å²) in [6, 6.07) is 11.5. The first-order chi connectivity index (χ1) is 13.4. The van der Waals surface area contributed by atoms with Gasteiger partial charge in [0.1, 0.15) is 5.82 Å². The van der Waals surface area contributed by atoms with Crippen LogP contribution in [0.4, 0.5) is 15.8 Å². The number of carbonyl (C=O) groups is 2. The van der Waals surface area contributed by atoms with Crippen molar-refractivity contribution in [3.63, 3.8) is 0 Å². The van der Waals surface area contributed by atoms with Crippen molar-refractivity contribution in [2.75, 3.05) is 10.2 Å². The van der Waals surface area contributed by atoms with E-state index in [9.17, 15) is 14.0 Å². The SMILES string of the molecule is CC(=O)N1c2ccc(F)cc2[C@H](Nc2ccc(C(N)=O)cc2)[C@@H](C)[C@@H]1C1CC1. The number of carbonyl (C=O) groups excluding carboxylic acids is 2. The normalized spacial score (nSPS) is 23.8. The van der Waals surface area contributed by atoms with Gasteiger partial charge < -0.3 is 16.0 Å². The van der Waals surface area contributed by atoms with Gasteiger partial charge in [-0.3, -0.25) is 9.59 Å². The number of fused-ring (bicyclic) bond motifs is 1. The number of hydrogen-bond acceptors (Lipinski definition) is 3. The van der Waals surface area contributed by atoms with Crippen molar-refractivity contribution in [1.29, 1.82) is 0 Å². The summed E-state index contributed by atoms with van der Waals surface area (Å²) in [6.07, 6.45) is 2.21. The predicted octanol–water partition coefficient (Wildman–Crippen LogP) is 3.86. The van der Waals surface area contributed by atoms with E-state index in [2.05, 4.69) is 12.2 Å². The van der Waals surface area contributed by atoms with E-state index in [-0.39, 0.29) is 29.7 Å². The standard InChI is InChI=1S/C22H24FN3O2/c1-12-20(25-17-8-5-15(6-9-17)22(24)28)18-11-16(23)7-10-19(18)26(13(2)27)21(12)14-3-4-14/h5-12,14,20-21,25H,3-4H2,1-2H3,(H2,24,28)/t12-,20-,21-/m1/s1. The number of nitrogens with one attached hydrogen (secondary N) is 1. The van der Waals surface area contributed by atoms with Gasteiger partial charge in [-0.05, 0) is 61.2 Å². The van der Waals surface area contributed by atoms with Crippen LogP contribution in [0.15, 0.2) is 42.5 Å². The van der Waals surface area contributed by atoms with E-state index >= 15 is 0 Å². The average molecular weight is 381 g/mol. The molecule has 0 unspecified atom stereocenters. The molecule has 4 rings (SSSR count). The minimum Gasteiger partial charge on any atom is -0.378 e. The first-order valence-electron chi connectivity index (χ1n) is 9.62. The Balaban J connectivity index is 1.74. The molecule has 0 spiro atoms. The zero-order valence-electron chi connectivity index (χ0n) is 16.0. The van der Waals surface area contributed by atoms with Gasteiger partial charge in [0.05, 0.1) is 6.04 Å². The number of amides is 2. The van der Waals surface area contributed by atoms with Crippen molar-refractivity contribution in [2.24, 2.45) is 17.6 Å². The van der Waals surface area contributed by atoms with Gasteiger partial charge in [0, 0.05) is 41.4 Å². The van der Waals surface area contributed by atoms with E-state index in [0.29, 0.717) is 11.5 Å². The van der Waals surface area contributed by atoms with Crippen molar-refractivity contribution in [2.45, 2.75) is 38.8 Å². The van der Waals surface area contributed by atoms with Crippen molar-refractivity contribution < 1.29 is 14.0 Å². The second-order valence-electron chi connectivity index (χ2n) is 7.84. The maximum atomic E-state index is 14.1. The molecule has 0 saturated heterocycles.